The lowest BCUT2D eigenvalue weighted by Crippen LogP contribution is -2.32. The summed E-state index contributed by atoms with van der Waals surface area (Å²) in [4.78, 5) is 2.40. The van der Waals surface area contributed by atoms with E-state index >= 15 is 0 Å². The summed E-state index contributed by atoms with van der Waals surface area (Å²) in [6.07, 6.45) is 4.61. The van der Waals surface area contributed by atoms with Gasteiger partial charge in [0.05, 0.1) is 0 Å². The summed E-state index contributed by atoms with van der Waals surface area (Å²) >= 11 is 0. The number of nitrogens with two attached hydrogens (primary N) is 1. The fourth-order valence-electron chi connectivity index (χ4n) is 2.15. The third kappa shape index (κ3) is 5.19. The fourth-order valence-corrected chi connectivity index (χ4v) is 2.15. The van der Waals surface area contributed by atoms with E-state index in [0.717, 1.165) is 25.9 Å². The summed E-state index contributed by atoms with van der Waals surface area (Å²) in [5, 5.41) is 0. The minimum atomic E-state index is 0.578. The molecule has 0 spiro atoms. The molecule has 2 heteroatoms. The monoisotopic (exact) mass is 248 g/mol. The van der Waals surface area contributed by atoms with Gasteiger partial charge in [0, 0.05) is 12.6 Å². The highest BCUT2D eigenvalue weighted by atomic mass is 15.1. The van der Waals surface area contributed by atoms with Crippen molar-refractivity contribution < 1.29 is 0 Å². The van der Waals surface area contributed by atoms with Crippen LogP contribution in [0, 0.1) is 0 Å². The van der Waals surface area contributed by atoms with E-state index in [1.807, 2.05) is 0 Å². The zero-order chi connectivity index (χ0) is 13.4. The van der Waals surface area contributed by atoms with Crippen LogP contribution in [0.2, 0.25) is 0 Å². The average molecular weight is 248 g/mol. The molecule has 1 rings (SSSR count). The second kappa shape index (κ2) is 8.28. The molecule has 0 amide bonds. The molecule has 1 unspecified atom stereocenters. The van der Waals surface area contributed by atoms with Crippen molar-refractivity contribution >= 4 is 0 Å². The standard InChI is InChI=1S/C16H28N2/c1-4-5-15-6-8-16(9-7-15)11-13-18(3)14(2)10-12-17/h6-9,14H,4-5,10-13,17H2,1-3H3. The first-order valence-electron chi connectivity index (χ1n) is 7.15. The molecule has 1 aromatic carbocycles. The van der Waals surface area contributed by atoms with Gasteiger partial charge in [-0.1, -0.05) is 37.6 Å². The van der Waals surface area contributed by atoms with Gasteiger partial charge in [0.1, 0.15) is 0 Å². The molecule has 0 aliphatic heterocycles. The Labute approximate surface area is 112 Å². The second-order valence-corrected chi connectivity index (χ2v) is 5.22. The quantitative estimate of drug-likeness (QED) is 0.766. The lowest BCUT2D eigenvalue weighted by atomic mass is 10.1. The van der Waals surface area contributed by atoms with Gasteiger partial charge in [-0.25, -0.2) is 0 Å². The summed E-state index contributed by atoms with van der Waals surface area (Å²) in [5.74, 6) is 0. The number of rotatable bonds is 8. The predicted molar refractivity (Wildman–Crippen MR) is 79.9 cm³/mol. The fraction of sp³-hybridized carbons (Fsp3) is 0.625. The highest BCUT2D eigenvalue weighted by Gasteiger charge is 2.07. The van der Waals surface area contributed by atoms with Crippen LogP contribution in [0.3, 0.4) is 0 Å². The number of hydrogen-bond acceptors (Lipinski definition) is 2. The lowest BCUT2D eigenvalue weighted by molar-refractivity contribution is 0.251. The Bertz CT molecular complexity index is 318. The van der Waals surface area contributed by atoms with Crippen molar-refractivity contribution in [3.8, 4) is 0 Å². The van der Waals surface area contributed by atoms with Crippen molar-refractivity contribution in [1.29, 1.82) is 0 Å². The molecule has 2 nitrogen and oxygen atoms in total. The maximum atomic E-state index is 5.59. The second-order valence-electron chi connectivity index (χ2n) is 5.22. The average Bonchev–Trinajstić information content (AvgIpc) is 2.38. The third-order valence-corrected chi connectivity index (χ3v) is 3.65. The van der Waals surface area contributed by atoms with Gasteiger partial charge in [-0.2, -0.15) is 0 Å². The number of likely N-dealkylation sites (N-methyl/N-ethyl adjacent to an activating group) is 1. The maximum Gasteiger partial charge on any atom is 0.00760 e. The van der Waals surface area contributed by atoms with Crippen LogP contribution < -0.4 is 5.73 Å². The molecule has 18 heavy (non-hydrogen) atoms. The molecule has 0 heterocycles. The minimum absolute atomic E-state index is 0.578. The Morgan fingerprint density at radius 2 is 1.67 bits per heavy atom. The minimum Gasteiger partial charge on any atom is -0.330 e. The molecule has 2 N–H and O–H groups in total. The van der Waals surface area contributed by atoms with Gasteiger partial charge >= 0.3 is 0 Å². The Morgan fingerprint density at radius 1 is 1.11 bits per heavy atom. The Kier molecular flexibility index (Phi) is 6.99. The molecule has 0 aliphatic rings. The smallest absolute Gasteiger partial charge is 0.00760 e. The van der Waals surface area contributed by atoms with Crippen molar-refractivity contribution in [2.24, 2.45) is 5.73 Å². The van der Waals surface area contributed by atoms with Gasteiger partial charge < -0.3 is 10.6 Å². The van der Waals surface area contributed by atoms with E-state index in [2.05, 4.69) is 50.1 Å². The summed E-state index contributed by atoms with van der Waals surface area (Å²) in [5.41, 5.74) is 8.48. The van der Waals surface area contributed by atoms with Crippen LogP contribution in [0.1, 0.15) is 37.8 Å². The molecule has 0 aliphatic carbocycles. The van der Waals surface area contributed by atoms with Gasteiger partial charge in [-0.05, 0) is 50.9 Å². The molecular formula is C16H28N2. The van der Waals surface area contributed by atoms with E-state index in [0.29, 0.717) is 6.04 Å². The van der Waals surface area contributed by atoms with Gasteiger partial charge in [0.25, 0.3) is 0 Å². The molecule has 0 radical (unpaired) electrons. The molecule has 1 atom stereocenters. The van der Waals surface area contributed by atoms with Crippen LogP contribution in [-0.2, 0) is 12.8 Å². The number of nitrogens with zero attached hydrogens (tertiary/aromatic N) is 1. The van der Waals surface area contributed by atoms with Crippen molar-refractivity contribution in [3.63, 3.8) is 0 Å². The number of benzene rings is 1. The van der Waals surface area contributed by atoms with Crippen molar-refractivity contribution in [3.05, 3.63) is 35.4 Å². The summed E-state index contributed by atoms with van der Waals surface area (Å²) in [6.45, 7) is 6.35. The van der Waals surface area contributed by atoms with Crippen LogP contribution in [0.15, 0.2) is 24.3 Å². The van der Waals surface area contributed by atoms with E-state index in [1.54, 1.807) is 0 Å². The van der Waals surface area contributed by atoms with Gasteiger partial charge in [0.15, 0.2) is 0 Å². The van der Waals surface area contributed by atoms with E-state index < -0.39 is 0 Å². The van der Waals surface area contributed by atoms with Gasteiger partial charge in [-0.3, -0.25) is 0 Å². The zero-order valence-electron chi connectivity index (χ0n) is 12.2. The molecule has 0 aromatic heterocycles. The molecule has 0 fully saturated rings. The summed E-state index contributed by atoms with van der Waals surface area (Å²) in [6, 6.07) is 9.65. The Hall–Kier alpha value is -0.860. The van der Waals surface area contributed by atoms with Crippen molar-refractivity contribution in [2.75, 3.05) is 20.1 Å². The van der Waals surface area contributed by atoms with Crippen LogP contribution in [0.25, 0.3) is 0 Å². The van der Waals surface area contributed by atoms with Crippen LogP contribution in [-0.4, -0.2) is 31.1 Å². The van der Waals surface area contributed by atoms with E-state index in [1.165, 1.54) is 24.0 Å². The molecule has 0 saturated heterocycles. The molecule has 102 valence electrons. The normalized spacial score (nSPS) is 12.9. The molecule has 0 bridgehead atoms. The lowest BCUT2D eigenvalue weighted by Gasteiger charge is -2.24. The third-order valence-electron chi connectivity index (χ3n) is 3.65. The van der Waals surface area contributed by atoms with Gasteiger partial charge in [0.2, 0.25) is 0 Å². The van der Waals surface area contributed by atoms with Crippen LogP contribution >= 0.6 is 0 Å². The van der Waals surface area contributed by atoms with E-state index in [9.17, 15) is 0 Å². The van der Waals surface area contributed by atoms with Crippen LogP contribution in [0.4, 0.5) is 0 Å². The largest absolute Gasteiger partial charge is 0.330 e. The van der Waals surface area contributed by atoms with Crippen LogP contribution in [0.5, 0.6) is 0 Å². The number of aryl methyl sites for hydroxylation is 1. The van der Waals surface area contributed by atoms with E-state index in [-0.39, 0.29) is 0 Å². The number of hydrogen-bond donors (Lipinski definition) is 1. The first kappa shape index (κ1) is 15.2. The molecule has 1 aromatic rings. The Balaban J connectivity index is 2.38. The van der Waals surface area contributed by atoms with E-state index in [4.69, 9.17) is 5.73 Å². The van der Waals surface area contributed by atoms with Gasteiger partial charge in [-0.15, -0.1) is 0 Å². The highest BCUT2D eigenvalue weighted by Crippen LogP contribution is 2.09. The highest BCUT2D eigenvalue weighted by molar-refractivity contribution is 5.22. The Morgan fingerprint density at radius 3 is 2.17 bits per heavy atom. The first-order chi connectivity index (χ1) is 8.67. The zero-order valence-corrected chi connectivity index (χ0v) is 12.2. The summed E-state index contributed by atoms with van der Waals surface area (Å²) < 4.78 is 0. The maximum absolute atomic E-state index is 5.59. The molecule has 0 saturated carbocycles. The first-order valence-corrected chi connectivity index (χ1v) is 7.15. The SMILES string of the molecule is CCCc1ccc(CCN(C)C(C)CCN)cc1. The topological polar surface area (TPSA) is 29.3 Å². The molecular weight excluding hydrogens is 220 g/mol. The van der Waals surface area contributed by atoms with Crippen molar-refractivity contribution in [1.82, 2.24) is 4.90 Å². The van der Waals surface area contributed by atoms with Crippen molar-refractivity contribution in [2.45, 2.75) is 45.6 Å². The summed E-state index contributed by atoms with van der Waals surface area (Å²) in [7, 11) is 2.19. The predicted octanol–water partition coefficient (Wildman–Crippen LogP) is 2.85.